The highest BCUT2D eigenvalue weighted by Crippen LogP contribution is 2.31. The van der Waals surface area contributed by atoms with Gasteiger partial charge in [0, 0.05) is 36.2 Å². The minimum absolute atomic E-state index is 0.0394. The average Bonchev–Trinajstić information content (AvgIpc) is 3.04. The molecule has 0 atom stereocenters. The fourth-order valence-electron chi connectivity index (χ4n) is 3.87. The lowest BCUT2D eigenvalue weighted by Gasteiger charge is -2.24. The molecule has 1 aliphatic rings. The van der Waals surface area contributed by atoms with E-state index in [1.807, 2.05) is 73.7 Å². The molecule has 38 heavy (non-hydrogen) atoms. The van der Waals surface area contributed by atoms with Gasteiger partial charge in [-0.15, -0.1) is 0 Å². The summed E-state index contributed by atoms with van der Waals surface area (Å²) in [5.41, 5.74) is 11.0. The lowest BCUT2D eigenvalue weighted by molar-refractivity contribution is -0.118. The second-order valence-corrected chi connectivity index (χ2v) is 9.05. The first-order valence-corrected chi connectivity index (χ1v) is 12.6. The lowest BCUT2D eigenvalue weighted by Crippen LogP contribution is -2.35. The average molecular weight is 533 g/mol. The predicted octanol–water partition coefficient (Wildman–Crippen LogP) is 5.15. The number of hydrogen-bond acceptors (Lipinski definition) is 6. The Morgan fingerprint density at radius 3 is 2.29 bits per heavy atom. The van der Waals surface area contributed by atoms with Gasteiger partial charge in [-0.1, -0.05) is 48.0 Å². The molecule has 4 rings (SSSR count). The molecule has 1 heterocycles. The number of nitrogens with zero attached hydrogens (tertiary/aromatic N) is 2. The molecule has 9 heteroatoms. The third-order valence-electron chi connectivity index (χ3n) is 5.66. The van der Waals surface area contributed by atoms with Gasteiger partial charge in [0.2, 0.25) is 5.91 Å². The molecule has 198 valence electrons. The number of amides is 1. The van der Waals surface area contributed by atoms with E-state index in [2.05, 4.69) is 5.32 Å². The molecule has 0 spiro atoms. The quantitative estimate of drug-likeness (QED) is 0.258. The highest BCUT2D eigenvalue weighted by atomic mass is 35.5. The van der Waals surface area contributed by atoms with Crippen LogP contribution in [0.15, 0.2) is 71.7 Å². The maximum atomic E-state index is 9.93. The van der Waals surface area contributed by atoms with Crippen LogP contribution in [0.2, 0.25) is 5.02 Å². The van der Waals surface area contributed by atoms with Crippen molar-refractivity contribution in [2.45, 2.75) is 33.9 Å². The van der Waals surface area contributed by atoms with E-state index in [-0.39, 0.29) is 24.1 Å². The SMILES string of the molecule is CC(=N)N1C(=N)CN=C(c2ccc(Cl)cc2)c2cc(OCc3ccc(CN)cc3)ccc21.CCNC(C)=O. The number of fused-ring (bicyclic) bond motifs is 1. The number of amidine groups is 2. The Balaban J connectivity index is 0.000000599. The number of benzodiazepines with no additional fused rings is 1. The van der Waals surface area contributed by atoms with Crippen molar-refractivity contribution >= 4 is 40.6 Å². The number of anilines is 1. The molecule has 5 N–H and O–H groups in total. The van der Waals surface area contributed by atoms with Crippen molar-refractivity contribution in [1.29, 1.82) is 10.8 Å². The number of halogens is 1. The van der Waals surface area contributed by atoms with Crippen LogP contribution in [0.3, 0.4) is 0 Å². The number of hydrogen-bond donors (Lipinski definition) is 4. The van der Waals surface area contributed by atoms with Crippen LogP contribution < -0.4 is 20.7 Å². The highest BCUT2D eigenvalue weighted by molar-refractivity contribution is 6.31. The molecule has 8 nitrogen and oxygen atoms in total. The van der Waals surface area contributed by atoms with Gasteiger partial charge in [0.25, 0.3) is 0 Å². The molecule has 0 aliphatic carbocycles. The topological polar surface area (TPSA) is 128 Å². The fraction of sp³-hybridized carbons (Fsp3) is 0.241. The first kappa shape index (κ1) is 28.6. The molecule has 0 bridgehead atoms. The van der Waals surface area contributed by atoms with E-state index in [4.69, 9.17) is 37.9 Å². The molecular weight excluding hydrogens is 500 g/mol. The van der Waals surface area contributed by atoms with Crippen LogP contribution in [0.4, 0.5) is 5.69 Å². The maximum absolute atomic E-state index is 9.93. The van der Waals surface area contributed by atoms with Gasteiger partial charge in [0.1, 0.15) is 24.0 Å². The third-order valence-corrected chi connectivity index (χ3v) is 5.92. The normalized spacial score (nSPS) is 12.4. The van der Waals surface area contributed by atoms with E-state index in [1.165, 1.54) is 6.92 Å². The van der Waals surface area contributed by atoms with Crippen molar-refractivity contribution < 1.29 is 9.53 Å². The van der Waals surface area contributed by atoms with E-state index in [0.29, 0.717) is 23.9 Å². The second kappa shape index (κ2) is 13.5. The molecule has 1 aliphatic heterocycles. The summed E-state index contributed by atoms with van der Waals surface area (Å²) in [6, 6.07) is 21.1. The van der Waals surface area contributed by atoms with Gasteiger partial charge in [-0.05, 0) is 55.3 Å². The van der Waals surface area contributed by atoms with Gasteiger partial charge in [-0.25, -0.2) is 0 Å². The van der Waals surface area contributed by atoms with Crippen molar-refractivity contribution in [2.24, 2.45) is 10.7 Å². The monoisotopic (exact) mass is 532 g/mol. The van der Waals surface area contributed by atoms with Crippen molar-refractivity contribution in [2.75, 3.05) is 18.0 Å². The van der Waals surface area contributed by atoms with E-state index in [1.54, 1.807) is 11.8 Å². The molecule has 0 aromatic heterocycles. The molecular formula is C29H33ClN6O2. The molecule has 3 aromatic rings. The van der Waals surface area contributed by atoms with Crippen LogP contribution in [-0.2, 0) is 17.9 Å². The Kier molecular flexibility index (Phi) is 10.2. The highest BCUT2D eigenvalue weighted by Gasteiger charge is 2.25. The van der Waals surface area contributed by atoms with Crippen LogP contribution in [0.25, 0.3) is 0 Å². The Bertz CT molecular complexity index is 1320. The predicted molar refractivity (Wildman–Crippen MR) is 155 cm³/mol. The largest absolute Gasteiger partial charge is 0.489 e. The molecule has 3 aromatic carbocycles. The standard InChI is InChI=1S/C25H24ClN5O.C4H9NO/c1-16(28)31-23-11-10-21(32-15-18-4-2-17(13-27)3-5-18)12-22(23)25(30-14-24(31)29)19-6-8-20(26)9-7-19;1-3-5-4(2)6/h2-12,28-29H,13-15,27H2,1H3;3H2,1-2H3,(H,5,6). The molecule has 0 radical (unpaired) electrons. The van der Waals surface area contributed by atoms with Crippen LogP contribution >= 0.6 is 11.6 Å². The number of aliphatic imine (C=N–C) groups is 1. The number of ether oxygens (including phenoxy) is 1. The number of carbonyl (C=O) groups excluding carboxylic acids is 1. The Labute approximate surface area is 228 Å². The van der Waals surface area contributed by atoms with Crippen LogP contribution in [0, 0.1) is 10.8 Å². The number of carbonyl (C=O) groups is 1. The zero-order chi connectivity index (χ0) is 27.7. The minimum Gasteiger partial charge on any atom is -0.489 e. The second-order valence-electron chi connectivity index (χ2n) is 8.61. The summed E-state index contributed by atoms with van der Waals surface area (Å²) in [7, 11) is 0. The number of benzene rings is 3. The summed E-state index contributed by atoms with van der Waals surface area (Å²) >= 11 is 6.08. The molecule has 1 amide bonds. The zero-order valence-corrected chi connectivity index (χ0v) is 22.6. The summed E-state index contributed by atoms with van der Waals surface area (Å²) < 4.78 is 6.07. The summed E-state index contributed by atoms with van der Waals surface area (Å²) in [6.45, 7) is 6.89. The van der Waals surface area contributed by atoms with E-state index < -0.39 is 0 Å². The Hall–Kier alpha value is -4.01. The molecule has 0 unspecified atom stereocenters. The first-order chi connectivity index (χ1) is 18.2. The van der Waals surface area contributed by atoms with Gasteiger partial charge < -0.3 is 15.8 Å². The van der Waals surface area contributed by atoms with Crippen LogP contribution in [0.1, 0.15) is 43.0 Å². The molecule has 0 saturated heterocycles. The summed E-state index contributed by atoms with van der Waals surface area (Å²) in [4.78, 5) is 16.2. The Morgan fingerprint density at radius 1 is 1.08 bits per heavy atom. The van der Waals surface area contributed by atoms with Crippen molar-refractivity contribution in [3.63, 3.8) is 0 Å². The van der Waals surface area contributed by atoms with E-state index >= 15 is 0 Å². The fourth-order valence-corrected chi connectivity index (χ4v) is 4.00. The number of nitrogens with two attached hydrogens (primary N) is 1. The van der Waals surface area contributed by atoms with E-state index in [0.717, 1.165) is 40.2 Å². The zero-order valence-electron chi connectivity index (χ0n) is 21.8. The molecule has 0 fully saturated rings. The van der Waals surface area contributed by atoms with E-state index in [9.17, 15) is 4.79 Å². The maximum Gasteiger partial charge on any atom is 0.216 e. The third kappa shape index (κ3) is 7.50. The van der Waals surface area contributed by atoms with Gasteiger partial charge in [-0.3, -0.25) is 25.5 Å². The first-order valence-electron chi connectivity index (χ1n) is 12.3. The van der Waals surface area contributed by atoms with Crippen molar-refractivity contribution in [3.8, 4) is 5.75 Å². The van der Waals surface area contributed by atoms with Gasteiger partial charge >= 0.3 is 0 Å². The van der Waals surface area contributed by atoms with Gasteiger partial charge in [0.05, 0.1) is 17.9 Å². The number of rotatable bonds is 6. The van der Waals surface area contributed by atoms with Gasteiger partial charge in [-0.2, -0.15) is 0 Å². The number of nitrogens with one attached hydrogen (secondary N) is 3. The van der Waals surface area contributed by atoms with Crippen molar-refractivity contribution in [1.82, 2.24) is 5.32 Å². The molecule has 0 saturated carbocycles. The van der Waals surface area contributed by atoms with Crippen LogP contribution in [-0.4, -0.2) is 36.4 Å². The summed E-state index contributed by atoms with van der Waals surface area (Å²) in [5, 5.41) is 19.8. The summed E-state index contributed by atoms with van der Waals surface area (Å²) in [6.07, 6.45) is 0. The summed E-state index contributed by atoms with van der Waals surface area (Å²) in [5.74, 6) is 1.23. The Morgan fingerprint density at radius 2 is 1.74 bits per heavy atom. The smallest absolute Gasteiger partial charge is 0.216 e. The van der Waals surface area contributed by atoms with Crippen LogP contribution in [0.5, 0.6) is 5.75 Å². The lowest BCUT2D eigenvalue weighted by atomic mass is 9.99. The van der Waals surface area contributed by atoms with Gasteiger partial charge in [0.15, 0.2) is 0 Å². The van der Waals surface area contributed by atoms with Crippen molar-refractivity contribution in [3.05, 3.63) is 94.0 Å². The minimum atomic E-state index is 0.0394.